The average Bonchev–Trinajstić information content (AvgIpc) is 2.31. The molecule has 0 radical (unpaired) electrons. The van der Waals surface area contributed by atoms with Gasteiger partial charge in [0.1, 0.15) is 17.7 Å². The van der Waals surface area contributed by atoms with E-state index in [2.05, 4.69) is 15.9 Å². The van der Waals surface area contributed by atoms with E-state index in [1.807, 2.05) is 0 Å². The van der Waals surface area contributed by atoms with Crippen LogP contribution in [0.4, 0.5) is 8.78 Å². The summed E-state index contributed by atoms with van der Waals surface area (Å²) in [5, 5.41) is 10.6. The van der Waals surface area contributed by atoms with Gasteiger partial charge in [0.2, 0.25) is 0 Å². The van der Waals surface area contributed by atoms with Crippen LogP contribution in [0.2, 0.25) is 5.02 Å². The van der Waals surface area contributed by atoms with Crippen molar-refractivity contribution in [1.82, 2.24) is 0 Å². The van der Waals surface area contributed by atoms with Gasteiger partial charge in [-0.25, -0.2) is 8.78 Å². The summed E-state index contributed by atoms with van der Waals surface area (Å²) in [5.41, 5.74) is 1.13. The minimum atomic E-state index is -1.26. The highest BCUT2D eigenvalue weighted by Crippen LogP contribution is 2.30. The molecule has 0 aliphatic rings. The lowest BCUT2D eigenvalue weighted by Crippen LogP contribution is -2.04. The molecule has 0 bridgehead atoms. The molecule has 0 aliphatic heterocycles. The smallest absolute Gasteiger partial charge is 0.137 e. The van der Waals surface area contributed by atoms with Crippen LogP contribution >= 0.6 is 27.5 Å². The Bertz CT molecular complexity index is 611. The molecule has 0 fully saturated rings. The summed E-state index contributed by atoms with van der Waals surface area (Å²) >= 11 is 8.78. The quantitative estimate of drug-likeness (QED) is 0.776. The molecule has 2 aromatic carbocycles. The van der Waals surface area contributed by atoms with Gasteiger partial charge in [-0.2, -0.15) is 0 Å². The summed E-state index contributed by atoms with van der Waals surface area (Å²) in [6.07, 6.45) is -1.26. The second-order valence-electron chi connectivity index (χ2n) is 4.25. The van der Waals surface area contributed by atoms with Crippen LogP contribution in [0.15, 0.2) is 34.8 Å². The van der Waals surface area contributed by atoms with E-state index in [0.29, 0.717) is 10.6 Å². The van der Waals surface area contributed by atoms with E-state index in [4.69, 9.17) is 11.6 Å². The second kappa shape index (κ2) is 5.57. The zero-order chi connectivity index (χ0) is 14.2. The lowest BCUT2D eigenvalue weighted by molar-refractivity contribution is 0.214. The maximum Gasteiger partial charge on any atom is 0.137 e. The monoisotopic (exact) mass is 346 g/mol. The van der Waals surface area contributed by atoms with E-state index in [0.717, 1.165) is 17.7 Å². The Morgan fingerprint density at radius 3 is 2.42 bits per heavy atom. The van der Waals surface area contributed by atoms with E-state index >= 15 is 0 Å². The minimum Gasteiger partial charge on any atom is -0.384 e. The zero-order valence-corrected chi connectivity index (χ0v) is 12.3. The third-order valence-corrected chi connectivity index (χ3v) is 3.54. The molecular formula is C14H10BrClF2O. The fraction of sp³-hybridized carbons (Fsp3) is 0.143. The van der Waals surface area contributed by atoms with Crippen LogP contribution in [-0.4, -0.2) is 5.11 Å². The predicted octanol–water partition coefficient (Wildman–Crippen LogP) is 4.77. The number of rotatable bonds is 2. The molecule has 1 nitrogen and oxygen atoms in total. The molecule has 19 heavy (non-hydrogen) atoms. The summed E-state index contributed by atoms with van der Waals surface area (Å²) in [6.45, 7) is 1.81. The summed E-state index contributed by atoms with van der Waals surface area (Å²) in [4.78, 5) is 0. The molecule has 2 aromatic rings. The Morgan fingerprint density at radius 2 is 1.79 bits per heavy atom. The van der Waals surface area contributed by atoms with Gasteiger partial charge in [0.05, 0.1) is 4.47 Å². The average molecular weight is 348 g/mol. The fourth-order valence-corrected chi connectivity index (χ4v) is 2.46. The van der Waals surface area contributed by atoms with Crippen LogP contribution in [-0.2, 0) is 0 Å². The number of aryl methyl sites for hydroxylation is 1. The fourth-order valence-electron chi connectivity index (χ4n) is 1.85. The number of aliphatic hydroxyl groups is 1. The molecular weight excluding hydrogens is 338 g/mol. The highest BCUT2D eigenvalue weighted by molar-refractivity contribution is 9.10. The molecule has 5 heteroatoms. The zero-order valence-electron chi connectivity index (χ0n) is 9.92. The molecule has 0 amide bonds. The molecule has 1 atom stereocenters. The molecule has 0 saturated carbocycles. The SMILES string of the molecule is Cc1cc(Cl)cc(C(O)c2cc(F)c(Br)cc2F)c1. The lowest BCUT2D eigenvalue weighted by atomic mass is 9.99. The molecule has 2 rings (SSSR count). The highest BCUT2D eigenvalue weighted by atomic mass is 79.9. The lowest BCUT2D eigenvalue weighted by Gasteiger charge is -2.14. The van der Waals surface area contributed by atoms with E-state index in [1.165, 1.54) is 6.07 Å². The van der Waals surface area contributed by atoms with Crippen molar-refractivity contribution in [2.24, 2.45) is 0 Å². The number of hydrogen-bond donors (Lipinski definition) is 1. The molecule has 0 aromatic heterocycles. The van der Waals surface area contributed by atoms with Gasteiger partial charge in [-0.3, -0.25) is 0 Å². The molecule has 0 aliphatic carbocycles. The van der Waals surface area contributed by atoms with Crippen molar-refractivity contribution >= 4 is 27.5 Å². The minimum absolute atomic E-state index is 0.0169. The van der Waals surface area contributed by atoms with Crippen molar-refractivity contribution in [3.8, 4) is 0 Å². The molecule has 0 heterocycles. The van der Waals surface area contributed by atoms with Crippen molar-refractivity contribution in [2.45, 2.75) is 13.0 Å². The van der Waals surface area contributed by atoms with Crippen LogP contribution in [0, 0.1) is 18.6 Å². The first kappa shape index (κ1) is 14.4. The Balaban J connectivity index is 2.49. The number of halogens is 4. The van der Waals surface area contributed by atoms with E-state index in [9.17, 15) is 13.9 Å². The largest absolute Gasteiger partial charge is 0.384 e. The third-order valence-electron chi connectivity index (χ3n) is 2.71. The number of hydrogen-bond acceptors (Lipinski definition) is 1. The van der Waals surface area contributed by atoms with Crippen molar-refractivity contribution in [3.05, 3.63) is 68.2 Å². The summed E-state index contributed by atoms with van der Waals surface area (Å²) in [7, 11) is 0. The first-order valence-electron chi connectivity index (χ1n) is 5.48. The maximum absolute atomic E-state index is 13.8. The standard InChI is InChI=1S/C14H10BrClF2O/c1-7-2-8(4-9(16)3-7)14(19)10-5-13(18)11(15)6-12(10)17/h2-6,14,19H,1H3. The van der Waals surface area contributed by atoms with Crippen LogP contribution in [0.3, 0.4) is 0 Å². The van der Waals surface area contributed by atoms with Gasteiger partial charge in [0, 0.05) is 10.6 Å². The molecule has 100 valence electrons. The first-order chi connectivity index (χ1) is 8.88. The number of aliphatic hydroxyl groups excluding tert-OH is 1. The summed E-state index contributed by atoms with van der Waals surface area (Å²) < 4.78 is 27.2. The molecule has 1 N–H and O–H groups in total. The van der Waals surface area contributed by atoms with Crippen molar-refractivity contribution in [3.63, 3.8) is 0 Å². The van der Waals surface area contributed by atoms with E-state index < -0.39 is 17.7 Å². The second-order valence-corrected chi connectivity index (χ2v) is 5.54. The van der Waals surface area contributed by atoms with Gasteiger partial charge in [-0.15, -0.1) is 0 Å². The Labute approximate surface area is 123 Å². The molecule has 0 saturated heterocycles. The Kier molecular flexibility index (Phi) is 4.23. The van der Waals surface area contributed by atoms with Crippen molar-refractivity contribution in [2.75, 3.05) is 0 Å². The first-order valence-corrected chi connectivity index (χ1v) is 6.65. The molecule has 0 spiro atoms. The predicted molar refractivity (Wildman–Crippen MR) is 74.3 cm³/mol. The number of benzene rings is 2. The summed E-state index contributed by atoms with van der Waals surface area (Å²) in [5.74, 6) is -1.31. The topological polar surface area (TPSA) is 20.2 Å². The Hall–Kier alpha value is -0.970. The van der Waals surface area contributed by atoms with Crippen LogP contribution < -0.4 is 0 Å². The van der Waals surface area contributed by atoms with Crippen LogP contribution in [0.1, 0.15) is 22.8 Å². The van der Waals surface area contributed by atoms with Gasteiger partial charge >= 0.3 is 0 Å². The summed E-state index contributed by atoms with van der Waals surface area (Å²) in [6, 6.07) is 6.89. The van der Waals surface area contributed by atoms with Gasteiger partial charge < -0.3 is 5.11 Å². The van der Waals surface area contributed by atoms with Gasteiger partial charge in [-0.1, -0.05) is 17.7 Å². The highest BCUT2D eigenvalue weighted by Gasteiger charge is 2.18. The van der Waals surface area contributed by atoms with E-state index in [1.54, 1.807) is 19.1 Å². The van der Waals surface area contributed by atoms with Crippen LogP contribution in [0.25, 0.3) is 0 Å². The van der Waals surface area contributed by atoms with Gasteiger partial charge in [0.25, 0.3) is 0 Å². The van der Waals surface area contributed by atoms with Gasteiger partial charge in [-0.05, 0) is 58.2 Å². The Morgan fingerprint density at radius 1 is 1.11 bits per heavy atom. The van der Waals surface area contributed by atoms with Crippen LogP contribution in [0.5, 0.6) is 0 Å². The molecule has 1 unspecified atom stereocenters. The maximum atomic E-state index is 13.8. The van der Waals surface area contributed by atoms with Gasteiger partial charge in [0.15, 0.2) is 0 Å². The normalized spacial score (nSPS) is 12.5. The van der Waals surface area contributed by atoms with Crippen molar-refractivity contribution < 1.29 is 13.9 Å². The third kappa shape index (κ3) is 3.14. The van der Waals surface area contributed by atoms with Crippen molar-refractivity contribution in [1.29, 1.82) is 0 Å². The van der Waals surface area contributed by atoms with E-state index in [-0.39, 0.29) is 10.0 Å².